The number of fused-ring (bicyclic) bond motifs is 1. The Morgan fingerprint density at radius 1 is 1.16 bits per heavy atom. The summed E-state index contributed by atoms with van der Waals surface area (Å²) in [7, 11) is 0. The maximum absolute atomic E-state index is 11.4. The van der Waals surface area contributed by atoms with E-state index in [2.05, 4.69) is 0 Å². The Kier molecular flexibility index (Phi) is 3.16. The third-order valence-electron chi connectivity index (χ3n) is 3.26. The Bertz CT molecular complexity index is 492. The molecule has 0 bridgehead atoms. The summed E-state index contributed by atoms with van der Waals surface area (Å²) in [6, 6.07) is 5.37. The summed E-state index contributed by atoms with van der Waals surface area (Å²) >= 11 is 0. The molecule has 3 rings (SSSR count). The molecule has 6 heteroatoms. The Morgan fingerprint density at radius 2 is 1.95 bits per heavy atom. The molecular weight excluding hydrogens is 248 g/mol. The van der Waals surface area contributed by atoms with Crippen molar-refractivity contribution in [3.63, 3.8) is 0 Å². The van der Waals surface area contributed by atoms with Gasteiger partial charge in [0.2, 0.25) is 0 Å². The van der Waals surface area contributed by atoms with Gasteiger partial charge in [0.25, 0.3) is 0 Å². The topological polar surface area (TPSA) is 74.0 Å². The number of rotatable bonds is 3. The van der Waals surface area contributed by atoms with Crippen molar-refractivity contribution in [2.75, 3.05) is 32.9 Å². The van der Waals surface area contributed by atoms with Crippen LogP contribution in [0, 0.1) is 0 Å². The molecule has 0 aliphatic carbocycles. The smallest absolute Gasteiger partial charge is 0.410 e. The molecule has 19 heavy (non-hydrogen) atoms. The van der Waals surface area contributed by atoms with Crippen molar-refractivity contribution < 1.29 is 19.0 Å². The van der Waals surface area contributed by atoms with Crippen LogP contribution in [-0.4, -0.2) is 43.9 Å². The molecule has 102 valence electrons. The second-order valence-electron chi connectivity index (χ2n) is 4.57. The zero-order valence-electron chi connectivity index (χ0n) is 10.5. The van der Waals surface area contributed by atoms with Gasteiger partial charge < -0.3 is 24.8 Å². The lowest BCUT2D eigenvalue weighted by Gasteiger charge is -2.22. The van der Waals surface area contributed by atoms with Crippen LogP contribution in [-0.2, 0) is 4.74 Å². The molecule has 6 nitrogen and oxygen atoms in total. The number of carbonyl (C=O) groups excluding carboxylic acids is 1. The molecule has 1 unspecified atom stereocenters. The Hall–Kier alpha value is -1.95. The molecule has 1 amide bonds. The first-order valence-corrected chi connectivity index (χ1v) is 6.31. The summed E-state index contributed by atoms with van der Waals surface area (Å²) < 4.78 is 15.9. The third-order valence-corrected chi connectivity index (χ3v) is 3.26. The monoisotopic (exact) mass is 264 g/mol. The van der Waals surface area contributed by atoms with Crippen LogP contribution >= 0.6 is 0 Å². The number of carbonyl (C=O) groups is 1. The van der Waals surface area contributed by atoms with Crippen LogP contribution in [0.4, 0.5) is 4.79 Å². The fourth-order valence-corrected chi connectivity index (χ4v) is 2.22. The van der Waals surface area contributed by atoms with E-state index in [1.807, 2.05) is 18.2 Å². The molecule has 1 atom stereocenters. The molecule has 2 heterocycles. The number of nitrogens with zero attached hydrogens (tertiary/aromatic N) is 1. The predicted molar refractivity (Wildman–Crippen MR) is 67.3 cm³/mol. The summed E-state index contributed by atoms with van der Waals surface area (Å²) in [4.78, 5) is 13.0. The normalized spacial score (nSPS) is 19.2. The molecule has 1 aromatic carbocycles. The summed E-state index contributed by atoms with van der Waals surface area (Å²) in [5, 5.41) is 0. The van der Waals surface area contributed by atoms with Crippen molar-refractivity contribution >= 4 is 6.09 Å². The largest absolute Gasteiger partial charge is 0.486 e. The number of cyclic esters (lactones) is 1. The van der Waals surface area contributed by atoms with E-state index < -0.39 is 0 Å². The van der Waals surface area contributed by atoms with E-state index in [-0.39, 0.29) is 12.1 Å². The number of nitrogens with two attached hydrogens (primary N) is 1. The summed E-state index contributed by atoms with van der Waals surface area (Å²) in [6.45, 7) is 2.59. The Balaban J connectivity index is 1.72. The van der Waals surface area contributed by atoms with Gasteiger partial charge in [-0.3, -0.25) is 0 Å². The zero-order valence-corrected chi connectivity index (χ0v) is 10.5. The molecule has 0 saturated carbocycles. The molecule has 2 aliphatic rings. The van der Waals surface area contributed by atoms with Crippen molar-refractivity contribution in [1.29, 1.82) is 0 Å². The predicted octanol–water partition coefficient (Wildman–Crippen LogP) is 0.910. The van der Waals surface area contributed by atoms with Crippen molar-refractivity contribution in [3.8, 4) is 11.5 Å². The minimum Gasteiger partial charge on any atom is -0.486 e. The summed E-state index contributed by atoms with van der Waals surface area (Å²) in [5.41, 5.74) is 7.04. The van der Waals surface area contributed by atoms with Gasteiger partial charge in [-0.15, -0.1) is 0 Å². The maximum Gasteiger partial charge on any atom is 0.410 e. The van der Waals surface area contributed by atoms with Crippen LogP contribution < -0.4 is 15.2 Å². The molecule has 0 radical (unpaired) electrons. The Labute approximate surface area is 111 Å². The van der Waals surface area contributed by atoms with Gasteiger partial charge in [0.05, 0.1) is 6.54 Å². The van der Waals surface area contributed by atoms with E-state index in [9.17, 15) is 4.79 Å². The molecular formula is C13H16N2O4. The molecule has 1 saturated heterocycles. The molecule has 2 N–H and O–H groups in total. The van der Waals surface area contributed by atoms with E-state index in [4.69, 9.17) is 19.9 Å². The van der Waals surface area contributed by atoms with Gasteiger partial charge in [0.15, 0.2) is 11.5 Å². The SMILES string of the molecule is NC(CN1CCOC1=O)c1ccc2c(c1)OCCO2. The lowest BCUT2D eigenvalue weighted by atomic mass is 10.1. The molecule has 1 aromatic rings. The number of hydrogen-bond donors (Lipinski definition) is 1. The fourth-order valence-electron chi connectivity index (χ4n) is 2.22. The number of ether oxygens (including phenoxy) is 3. The van der Waals surface area contributed by atoms with E-state index in [1.165, 1.54) is 0 Å². The van der Waals surface area contributed by atoms with E-state index >= 15 is 0 Å². The fraction of sp³-hybridized carbons (Fsp3) is 0.462. The van der Waals surface area contributed by atoms with Crippen molar-refractivity contribution in [2.24, 2.45) is 5.73 Å². The van der Waals surface area contributed by atoms with Gasteiger partial charge in [-0.25, -0.2) is 4.79 Å². The minimum atomic E-state index is -0.298. The first-order chi connectivity index (χ1) is 9.24. The average Bonchev–Trinajstić information content (AvgIpc) is 2.84. The van der Waals surface area contributed by atoms with Crippen molar-refractivity contribution in [2.45, 2.75) is 6.04 Å². The molecule has 2 aliphatic heterocycles. The van der Waals surface area contributed by atoms with Crippen LogP contribution in [0.2, 0.25) is 0 Å². The van der Waals surface area contributed by atoms with Crippen LogP contribution in [0.25, 0.3) is 0 Å². The molecule has 0 aromatic heterocycles. The Morgan fingerprint density at radius 3 is 2.68 bits per heavy atom. The zero-order chi connectivity index (χ0) is 13.2. The van der Waals surface area contributed by atoms with Crippen molar-refractivity contribution in [3.05, 3.63) is 23.8 Å². The quantitative estimate of drug-likeness (QED) is 0.878. The van der Waals surface area contributed by atoms with E-state index in [1.54, 1.807) is 4.90 Å². The van der Waals surface area contributed by atoms with Gasteiger partial charge >= 0.3 is 6.09 Å². The second-order valence-corrected chi connectivity index (χ2v) is 4.57. The van der Waals surface area contributed by atoms with Crippen LogP contribution in [0.3, 0.4) is 0 Å². The highest BCUT2D eigenvalue weighted by molar-refractivity contribution is 5.69. The molecule has 0 spiro atoms. The van der Waals surface area contributed by atoms with Gasteiger partial charge in [-0.05, 0) is 17.7 Å². The van der Waals surface area contributed by atoms with E-state index in [0.29, 0.717) is 38.7 Å². The lowest BCUT2D eigenvalue weighted by Crippen LogP contribution is -2.32. The summed E-state index contributed by atoms with van der Waals surface area (Å²) in [6.07, 6.45) is -0.298. The minimum absolute atomic E-state index is 0.263. The highest BCUT2D eigenvalue weighted by Gasteiger charge is 2.25. The lowest BCUT2D eigenvalue weighted by molar-refractivity contribution is 0.157. The van der Waals surface area contributed by atoms with Crippen LogP contribution in [0.1, 0.15) is 11.6 Å². The van der Waals surface area contributed by atoms with Gasteiger partial charge in [0, 0.05) is 12.6 Å². The standard InChI is InChI=1S/C13H16N2O4/c14-10(8-15-3-4-19-13(15)16)9-1-2-11-12(7-9)18-6-5-17-11/h1-2,7,10H,3-6,8,14H2. The van der Waals surface area contributed by atoms with Gasteiger partial charge in [-0.1, -0.05) is 6.07 Å². The second kappa shape index (κ2) is 4.97. The maximum atomic E-state index is 11.4. The summed E-state index contributed by atoms with van der Waals surface area (Å²) in [5.74, 6) is 1.45. The van der Waals surface area contributed by atoms with Crippen LogP contribution in [0.5, 0.6) is 11.5 Å². The highest BCUT2D eigenvalue weighted by atomic mass is 16.6. The molecule has 1 fully saturated rings. The average molecular weight is 264 g/mol. The first kappa shape index (κ1) is 12.1. The number of benzene rings is 1. The number of amides is 1. The van der Waals surface area contributed by atoms with Crippen LogP contribution in [0.15, 0.2) is 18.2 Å². The van der Waals surface area contributed by atoms with E-state index in [0.717, 1.165) is 11.3 Å². The van der Waals surface area contributed by atoms with Gasteiger partial charge in [0.1, 0.15) is 19.8 Å². The number of hydrogen-bond acceptors (Lipinski definition) is 5. The third kappa shape index (κ3) is 2.44. The first-order valence-electron chi connectivity index (χ1n) is 6.31. The van der Waals surface area contributed by atoms with Crippen molar-refractivity contribution in [1.82, 2.24) is 4.90 Å². The highest BCUT2D eigenvalue weighted by Crippen LogP contribution is 2.32. The van der Waals surface area contributed by atoms with Gasteiger partial charge in [-0.2, -0.15) is 0 Å².